The summed E-state index contributed by atoms with van der Waals surface area (Å²) >= 11 is 4.89. The Morgan fingerprint density at radius 2 is 1.50 bits per heavy atom. The summed E-state index contributed by atoms with van der Waals surface area (Å²) in [5.41, 5.74) is 9.15. The van der Waals surface area contributed by atoms with Crippen molar-refractivity contribution in [1.82, 2.24) is 0 Å². The van der Waals surface area contributed by atoms with E-state index in [0.717, 1.165) is 17.7 Å². The van der Waals surface area contributed by atoms with Crippen LogP contribution in [0.5, 0.6) is 5.75 Å². The Bertz CT molecular complexity index is 561. The molecule has 0 saturated heterocycles. The molecule has 2 aromatic carbocycles. The summed E-state index contributed by atoms with van der Waals surface area (Å²) in [6.45, 7) is 2.73. The SMILES string of the molecule is CCc1ccc(COc2ccc(CC(N)=S)cc2)cc1. The average Bonchev–Trinajstić information content (AvgIpc) is 2.46. The molecule has 2 aromatic rings. The lowest BCUT2D eigenvalue weighted by atomic mass is 10.1. The zero-order valence-electron chi connectivity index (χ0n) is 11.6. The Morgan fingerprint density at radius 1 is 0.950 bits per heavy atom. The van der Waals surface area contributed by atoms with Gasteiger partial charge < -0.3 is 10.5 Å². The average molecular weight is 285 g/mol. The molecule has 0 radical (unpaired) electrons. The van der Waals surface area contributed by atoms with Gasteiger partial charge in [0.1, 0.15) is 12.4 Å². The molecule has 3 heteroatoms. The van der Waals surface area contributed by atoms with Gasteiger partial charge in [0.2, 0.25) is 0 Å². The summed E-state index contributed by atoms with van der Waals surface area (Å²) in [5, 5.41) is 0. The van der Waals surface area contributed by atoms with E-state index in [1.165, 1.54) is 11.1 Å². The monoisotopic (exact) mass is 285 g/mol. The summed E-state index contributed by atoms with van der Waals surface area (Å²) in [6, 6.07) is 16.4. The molecule has 0 unspecified atom stereocenters. The number of rotatable bonds is 6. The van der Waals surface area contributed by atoms with Crippen LogP contribution in [0.15, 0.2) is 48.5 Å². The van der Waals surface area contributed by atoms with Crippen LogP contribution in [0.25, 0.3) is 0 Å². The van der Waals surface area contributed by atoms with Crippen molar-refractivity contribution in [1.29, 1.82) is 0 Å². The Balaban J connectivity index is 1.91. The molecule has 0 aliphatic heterocycles. The van der Waals surface area contributed by atoms with Crippen LogP contribution in [0, 0.1) is 0 Å². The van der Waals surface area contributed by atoms with Crippen LogP contribution in [-0.4, -0.2) is 4.99 Å². The third-order valence-electron chi connectivity index (χ3n) is 3.14. The van der Waals surface area contributed by atoms with E-state index in [1.807, 2.05) is 24.3 Å². The number of ether oxygens (including phenoxy) is 1. The van der Waals surface area contributed by atoms with Gasteiger partial charge in [0.05, 0.1) is 4.99 Å². The molecule has 0 saturated carbocycles. The first-order chi connectivity index (χ1) is 9.67. The molecular formula is C17H19NOS. The van der Waals surface area contributed by atoms with Crippen LogP contribution in [0.4, 0.5) is 0 Å². The summed E-state index contributed by atoms with van der Waals surface area (Å²) < 4.78 is 5.76. The van der Waals surface area contributed by atoms with Crippen LogP contribution in [0.3, 0.4) is 0 Å². The molecule has 0 fully saturated rings. The second-order valence-corrected chi connectivity index (χ2v) is 5.27. The minimum Gasteiger partial charge on any atom is -0.489 e. The van der Waals surface area contributed by atoms with Crippen molar-refractivity contribution in [3.63, 3.8) is 0 Å². The smallest absolute Gasteiger partial charge is 0.119 e. The van der Waals surface area contributed by atoms with E-state index in [0.29, 0.717) is 18.0 Å². The van der Waals surface area contributed by atoms with Gasteiger partial charge in [-0.3, -0.25) is 0 Å². The predicted molar refractivity (Wildman–Crippen MR) is 87.1 cm³/mol. The fourth-order valence-electron chi connectivity index (χ4n) is 1.94. The Morgan fingerprint density at radius 3 is 2.05 bits per heavy atom. The highest BCUT2D eigenvalue weighted by Crippen LogP contribution is 2.15. The van der Waals surface area contributed by atoms with E-state index in [2.05, 4.69) is 31.2 Å². The maximum absolute atomic E-state index is 5.76. The fraction of sp³-hybridized carbons (Fsp3) is 0.235. The van der Waals surface area contributed by atoms with Crippen molar-refractivity contribution in [3.8, 4) is 5.75 Å². The van der Waals surface area contributed by atoms with Gasteiger partial charge in [0.15, 0.2) is 0 Å². The van der Waals surface area contributed by atoms with Gasteiger partial charge in [0, 0.05) is 6.42 Å². The highest BCUT2D eigenvalue weighted by Gasteiger charge is 1.99. The van der Waals surface area contributed by atoms with Gasteiger partial charge >= 0.3 is 0 Å². The molecule has 0 aliphatic rings. The highest BCUT2D eigenvalue weighted by atomic mass is 32.1. The summed E-state index contributed by atoms with van der Waals surface area (Å²) in [7, 11) is 0. The van der Waals surface area contributed by atoms with Gasteiger partial charge in [-0.2, -0.15) is 0 Å². The molecule has 0 atom stereocenters. The number of nitrogens with two attached hydrogens (primary N) is 1. The zero-order valence-corrected chi connectivity index (χ0v) is 12.5. The minimum absolute atomic E-state index is 0.509. The number of hydrogen-bond acceptors (Lipinski definition) is 2. The predicted octanol–water partition coefficient (Wildman–Crippen LogP) is 3.66. The number of thiocarbonyl (C=S) groups is 1. The lowest BCUT2D eigenvalue weighted by Gasteiger charge is -2.08. The molecule has 2 N–H and O–H groups in total. The molecule has 20 heavy (non-hydrogen) atoms. The molecule has 0 heterocycles. The summed E-state index contributed by atoms with van der Waals surface area (Å²) in [5.74, 6) is 0.858. The Labute approximate surface area is 125 Å². The Hall–Kier alpha value is -1.87. The maximum Gasteiger partial charge on any atom is 0.119 e. The topological polar surface area (TPSA) is 35.2 Å². The fourth-order valence-corrected chi connectivity index (χ4v) is 2.11. The molecule has 0 spiro atoms. The summed E-state index contributed by atoms with van der Waals surface area (Å²) in [4.78, 5) is 0.509. The normalized spacial score (nSPS) is 10.2. The third kappa shape index (κ3) is 4.35. The van der Waals surface area contributed by atoms with Gasteiger partial charge in [-0.25, -0.2) is 0 Å². The van der Waals surface area contributed by atoms with E-state index in [9.17, 15) is 0 Å². The van der Waals surface area contributed by atoms with E-state index >= 15 is 0 Å². The standard InChI is InChI=1S/C17H19NOS/c1-2-13-3-5-15(6-4-13)12-19-16-9-7-14(8-10-16)11-17(18)20/h3-10H,2,11-12H2,1H3,(H2,18,20). The van der Waals surface area contributed by atoms with Crippen LogP contribution in [0.2, 0.25) is 0 Å². The lowest BCUT2D eigenvalue weighted by molar-refractivity contribution is 0.306. The molecule has 2 nitrogen and oxygen atoms in total. The lowest BCUT2D eigenvalue weighted by Crippen LogP contribution is -2.10. The highest BCUT2D eigenvalue weighted by molar-refractivity contribution is 7.80. The second-order valence-electron chi connectivity index (χ2n) is 4.75. The first-order valence-electron chi connectivity index (χ1n) is 6.75. The van der Waals surface area contributed by atoms with E-state index in [-0.39, 0.29) is 0 Å². The van der Waals surface area contributed by atoms with Crippen molar-refractivity contribution >= 4 is 17.2 Å². The molecule has 0 aliphatic carbocycles. The largest absolute Gasteiger partial charge is 0.489 e. The number of aryl methyl sites for hydroxylation is 1. The molecule has 0 aromatic heterocycles. The molecule has 0 amide bonds. The van der Waals surface area contributed by atoms with Crippen molar-refractivity contribution in [3.05, 3.63) is 65.2 Å². The third-order valence-corrected chi connectivity index (χ3v) is 3.28. The van der Waals surface area contributed by atoms with E-state index in [4.69, 9.17) is 22.7 Å². The van der Waals surface area contributed by atoms with Gasteiger partial charge in [0.25, 0.3) is 0 Å². The number of hydrogen-bond donors (Lipinski definition) is 1. The summed E-state index contributed by atoms with van der Waals surface area (Å²) in [6.07, 6.45) is 1.69. The quantitative estimate of drug-likeness (QED) is 0.823. The van der Waals surface area contributed by atoms with Crippen LogP contribution in [0.1, 0.15) is 23.6 Å². The van der Waals surface area contributed by atoms with Crippen LogP contribution < -0.4 is 10.5 Å². The van der Waals surface area contributed by atoms with Crippen molar-refractivity contribution in [2.24, 2.45) is 5.73 Å². The minimum atomic E-state index is 0.509. The van der Waals surface area contributed by atoms with Gasteiger partial charge in [-0.05, 0) is 35.2 Å². The number of benzene rings is 2. The van der Waals surface area contributed by atoms with Crippen molar-refractivity contribution < 1.29 is 4.74 Å². The first-order valence-corrected chi connectivity index (χ1v) is 7.16. The first kappa shape index (κ1) is 14.5. The second kappa shape index (κ2) is 7.06. The van der Waals surface area contributed by atoms with Crippen LogP contribution in [-0.2, 0) is 19.4 Å². The van der Waals surface area contributed by atoms with Crippen molar-refractivity contribution in [2.75, 3.05) is 0 Å². The van der Waals surface area contributed by atoms with E-state index < -0.39 is 0 Å². The molecule has 104 valence electrons. The Kier molecular flexibility index (Phi) is 5.13. The van der Waals surface area contributed by atoms with Gasteiger partial charge in [-0.1, -0.05) is 55.5 Å². The van der Waals surface area contributed by atoms with Gasteiger partial charge in [-0.15, -0.1) is 0 Å². The van der Waals surface area contributed by atoms with Crippen LogP contribution >= 0.6 is 12.2 Å². The van der Waals surface area contributed by atoms with E-state index in [1.54, 1.807) is 0 Å². The maximum atomic E-state index is 5.76. The molecular weight excluding hydrogens is 266 g/mol. The molecule has 0 bridgehead atoms. The zero-order chi connectivity index (χ0) is 14.4. The van der Waals surface area contributed by atoms with Crippen molar-refractivity contribution in [2.45, 2.75) is 26.4 Å². The molecule has 2 rings (SSSR count).